The van der Waals surface area contributed by atoms with Gasteiger partial charge in [-0.2, -0.15) is 0 Å². The predicted molar refractivity (Wildman–Crippen MR) is 71.7 cm³/mol. The summed E-state index contributed by atoms with van der Waals surface area (Å²) in [6.07, 6.45) is 0. The number of anilines is 1. The quantitative estimate of drug-likeness (QED) is 0.757. The van der Waals surface area contributed by atoms with Crippen molar-refractivity contribution in [1.29, 1.82) is 0 Å². The normalized spacial score (nSPS) is 17.5. The van der Waals surface area contributed by atoms with Gasteiger partial charge in [-0.05, 0) is 24.6 Å². The molecule has 0 atom stereocenters. The highest BCUT2D eigenvalue weighted by molar-refractivity contribution is 6.30. The Morgan fingerprint density at radius 3 is 2.71 bits per heavy atom. The van der Waals surface area contributed by atoms with Gasteiger partial charge in [-0.1, -0.05) is 17.7 Å². The first kappa shape index (κ1) is 12.7. The summed E-state index contributed by atoms with van der Waals surface area (Å²) in [5.41, 5.74) is 6.54. The number of nitrogens with one attached hydrogen (secondary N) is 1. The molecule has 3 nitrogen and oxygen atoms in total. The molecule has 4 heteroatoms. The van der Waals surface area contributed by atoms with E-state index in [9.17, 15) is 0 Å². The molecule has 1 fully saturated rings. The summed E-state index contributed by atoms with van der Waals surface area (Å²) in [7, 11) is 0. The minimum Gasteiger partial charge on any atom is -0.360 e. The number of quaternary nitrogens is 2. The number of halogens is 1. The zero-order chi connectivity index (χ0) is 12.3. The number of hydrogen-bond acceptors (Lipinski definition) is 1. The average molecular weight is 256 g/mol. The molecular formula is C13H22ClN3+2. The van der Waals surface area contributed by atoms with E-state index < -0.39 is 0 Å². The van der Waals surface area contributed by atoms with Gasteiger partial charge in [-0.25, -0.2) is 0 Å². The van der Waals surface area contributed by atoms with Gasteiger partial charge in [0.2, 0.25) is 0 Å². The molecule has 1 aromatic rings. The number of benzene rings is 1. The van der Waals surface area contributed by atoms with Gasteiger partial charge < -0.3 is 15.5 Å². The maximum absolute atomic E-state index is 6.07. The van der Waals surface area contributed by atoms with Crippen molar-refractivity contribution >= 4 is 17.3 Å². The molecule has 1 heterocycles. The summed E-state index contributed by atoms with van der Waals surface area (Å²) in [5, 5.41) is 0.832. The number of hydrogen-bond donors (Lipinski definition) is 2. The minimum absolute atomic E-state index is 0.832. The van der Waals surface area contributed by atoms with Gasteiger partial charge in [0, 0.05) is 10.7 Å². The number of aryl methyl sites for hydroxylation is 1. The van der Waals surface area contributed by atoms with Crippen LogP contribution in [0.2, 0.25) is 5.02 Å². The topological polar surface area (TPSA) is 35.3 Å². The van der Waals surface area contributed by atoms with E-state index in [2.05, 4.69) is 29.7 Å². The SMILES string of the molecule is Cc1ccc(Cl)cc1N1CC[NH+](CC[NH3+])CC1. The Labute approximate surface area is 108 Å². The molecule has 0 unspecified atom stereocenters. The molecule has 1 aliphatic heterocycles. The zero-order valence-corrected chi connectivity index (χ0v) is 11.3. The summed E-state index contributed by atoms with van der Waals surface area (Å²) in [6, 6.07) is 6.15. The molecule has 1 aromatic carbocycles. The molecule has 0 aromatic heterocycles. The third-order valence-corrected chi connectivity index (χ3v) is 3.75. The molecule has 1 aliphatic rings. The molecule has 0 aliphatic carbocycles. The lowest BCUT2D eigenvalue weighted by atomic mass is 10.1. The monoisotopic (exact) mass is 255 g/mol. The fourth-order valence-electron chi connectivity index (χ4n) is 2.49. The van der Waals surface area contributed by atoms with Crippen molar-refractivity contribution in [2.75, 3.05) is 44.2 Å². The largest absolute Gasteiger partial charge is 0.360 e. The van der Waals surface area contributed by atoms with E-state index in [1.807, 2.05) is 6.07 Å². The summed E-state index contributed by atoms with van der Waals surface area (Å²) in [5.74, 6) is 0. The Morgan fingerprint density at radius 2 is 2.06 bits per heavy atom. The van der Waals surface area contributed by atoms with E-state index in [1.165, 1.54) is 30.9 Å². The molecule has 0 bridgehead atoms. The molecule has 4 N–H and O–H groups in total. The summed E-state index contributed by atoms with van der Waals surface area (Å²) in [6.45, 7) is 9.05. The van der Waals surface area contributed by atoms with E-state index in [-0.39, 0.29) is 0 Å². The highest BCUT2D eigenvalue weighted by Crippen LogP contribution is 2.24. The fourth-order valence-corrected chi connectivity index (χ4v) is 2.65. The highest BCUT2D eigenvalue weighted by Gasteiger charge is 2.20. The molecule has 2 rings (SSSR count). The van der Waals surface area contributed by atoms with Crippen molar-refractivity contribution in [3.8, 4) is 0 Å². The van der Waals surface area contributed by atoms with Crippen LogP contribution in [0.5, 0.6) is 0 Å². The van der Waals surface area contributed by atoms with E-state index in [4.69, 9.17) is 11.6 Å². The smallest absolute Gasteiger partial charge is 0.127 e. The molecule has 0 saturated carbocycles. The Balaban J connectivity index is 2.02. The van der Waals surface area contributed by atoms with Crippen LogP contribution < -0.4 is 15.5 Å². The van der Waals surface area contributed by atoms with Gasteiger partial charge in [-0.15, -0.1) is 0 Å². The highest BCUT2D eigenvalue weighted by atomic mass is 35.5. The third kappa shape index (κ3) is 3.12. The molecule has 17 heavy (non-hydrogen) atoms. The lowest BCUT2D eigenvalue weighted by Crippen LogP contribution is -3.16. The number of nitrogens with zero attached hydrogens (tertiary/aromatic N) is 1. The molecule has 0 radical (unpaired) electrons. The molecule has 94 valence electrons. The second-order valence-electron chi connectivity index (χ2n) is 4.77. The van der Waals surface area contributed by atoms with Crippen LogP contribution in [0.25, 0.3) is 0 Å². The van der Waals surface area contributed by atoms with Crippen molar-refractivity contribution in [2.24, 2.45) is 0 Å². The van der Waals surface area contributed by atoms with Crippen molar-refractivity contribution in [3.05, 3.63) is 28.8 Å². The molecular weight excluding hydrogens is 234 g/mol. The van der Waals surface area contributed by atoms with Crippen LogP contribution in [0, 0.1) is 6.92 Å². The summed E-state index contributed by atoms with van der Waals surface area (Å²) < 4.78 is 0. The van der Waals surface area contributed by atoms with Crippen LogP contribution in [0.15, 0.2) is 18.2 Å². The van der Waals surface area contributed by atoms with Crippen molar-refractivity contribution in [3.63, 3.8) is 0 Å². The summed E-state index contributed by atoms with van der Waals surface area (Å²) in [4.78, 5) is 4.13. The van der Waals surface area contributed by atoms with E-state index >= 15 is 0 Å². The second kappa shape index (κ2) is 5.71. The van der Waals surface area contributed by atoms with Gasteiger partial charge in [-0.3, -0.25) is 0 Å². The molecule has 0 amide bonds. The first-order chi connectivity index (χ1) is 8.20. The van der Waals surface area contributed by atoms with E-state index in [0.717, 1.165) is 24.7 Å². The first-order valence-corrected chi connectivity index (χ1v) is 6.72. The Bertz CT molecular complexity index is 373. The average Bonchev–Trinajstić information content (AvgIpc) is 2.34. The van der Waals surface area contributed by atoms with Crippen LogP contribution in [0.1, 0.15) is 5.56 Å². The predicted octanol–water partition coefficient (Wildman–Crippen LogP) is -0.405. The number of rotatable bonds is 3. The molecule has 1 saturated heterocycles. The van der Waals surface area contributed by atoms with Gasteiger partial charge >= 0.3 is 0 Å². The Kier molecular flexibility index (Phi) is 4.26. The van der Waals surface area contributed by atoms with E-state index in [0.29, 0.717) is 0 Å². The van der Waals surface area contributed by atoms with Crippen molar-refractivity contribution in [2.45, 2.75) is 6.92 Å². The van der Waals surface area contributed by atoms with Crippen LogP contribution in [-0.4, -0.2) is 39.3 Å². The Morgan fingerprint density at radius 1 is 1.35 bits per heavy atom. The second-order valence-corrected chi connectivity index (χ2v) is 5.21. The first-order valence-electron chi connectivity index (χ1n) is 6.34. The van der Waals surface area contributed by atoms with Crippen LogP contribution in [0.4, 0.5) is 5.69 Å². The van der Waals surface area contributed by atoms with Gasteiger partial charge in [0.1, 0.15) is 13.1 Å². The van der Waals surface area contributed by atoms with Crippen molar-refractivity contribution < 1.29 is 10.6 Å². The van der Waals surface area contributed by atoms with Gasteiger partial charge in [0.15, 0.2) is 0 Å². The third-order valence-electron chi connectivity index (χ3n) is 3.51. The maximum Gasteiger partial charge on any atom is 0.127 e. The van der Waals surface area contributed by atoms with Crippen molar-refractivity contribution in [1.82, 2.24) is 0 Å². The molecule has 0 spiro atoms. The number of piperazine rings is 1. The van der Waals surface area contributed by atoms with E-state index in [1.54, 1.807) is 4.90 Å². The maximum atomic E-state index is 6.07. The zero-order valence-electron chi connectivity index (χ0n) is 10.5. The minimum atomic E-state index is 0.832. The standard InChI is InChI=1S/C13H20ClN3/c1-11-2-3-12(14)10-13(11)17-8-6-16(5-4-15)7-9-17/h2-3,10H,4-9,15H2,1H3/p+2. The fraction of sp³-hybridized carbons (Fsp3) is 0.538. The lowest BCUT2D eigenvalue weighted by Gasteiger charge is -2.34. The summed E-state index contributed by atoms with van der Waals surface area (Å²) >= 11 is 6.07. The van der Waals surface area contributed by atoms with Crippen LogP contribution >= 0.6 is 11.6 Å². The van der Waals surface area contributed by atoms with Crippen LogP contribution in [0.3, 0.4) is 0 Å². The lowest BCUT2D eigenvalue weighted by molar-refractivity contribution is -0.905. The van der Waals surface area contributed by atoms with Crippen LogP contribution in [-0.2, 0) is 0 Å². The Hall–Kier alpha value is -0.770. The van der Waals surface area contributed by atoms with Gasteiger partial charge in [0.05, 0.1) is 26.2 Å². The van der Waals surface area contributed by atoms with Gasteiger partial charge in [0.25, 0.3) is 0 Å².